The Balaban J connectivity index is 1.77. The number of piperazine rings is 1. The molecule has 1 aromatic heterocycles. The minimum Gasteiger partial charge on any atom is -0.477 e. The summed E-state index contributed by atoms with van der Waals surface area (Å²) >= 11 is 6.02. The van der Waals surface area contributed by atoms with E-state index in [1.54, 1.807) is 13.0 Å². The number of hydrogen-bond acceptors (Lipinski definition) is 4. The number of carboxylic acids is 1. The predicted octanol–water partition coefficient (Wildman–Crippen LogP) is 2.37. The highest BCUT2D eigenvalue weighted by Crippen LogP contribution is 2.24. The predicted molar refractivity (Wildman–Crippen MR) is 99.5 cm³/mol. The highest BCUT2D eigenvalue weighted by molar-refractivity contribution is 7.89. The summed E-state index contributed by atoms with van der Waals surface area (Å²) in [5.41, 5.74) is 0.934. The number of anilines is 1. The van der Waals surface area contributed by atoms with Gasteiger partial charge in [0.25, 0.3) is 0 Å². The fourth-order valence-electron chi connectivity index (χ4n) is 3.07. The molecule has 0 spiro atoms. The van der Waals surface area contributed by atoms with E-state index in [-0.39, 0.29) is 10.6 Å². The number of carboxylic acid groups (broad SMARTS) is 1. The number of rotatable bonds is 5. The standard InChI is InChI=1S/C17H20ClN3O4S/c1-2-19-12-15(11-16(19)17(22)23)26(24,25)21-8-6-20(7-9-21)14-5-3-4-13(18)10-14/h3-5,10-12H,2,6-9H2,1H3,(H,22,23). The second-order valence-electron chi connectivity index (χ2n) is 6.02. The molecule has 1 saturated heterocycles. The highest BCUT2D eigenvalue weighted by atomic mass is 35.5. The fraction of sp³-hybridized carbons (Fsp3) is 0.353. The number of nitrogens with zero attached hydrogens (tertiary/aromatic N) is 3. The first-order chi connectivity index (χ1) is 12.3. The molecule has 0 amide bonds. The van der Waals surface area contributed by atoms with Gasteiger partial charge >= 0.3 is 5.97 Å². The third-order valence-corrected chi connectivity index (χ3v) is 6.58. The monoisotopic (exact) mass is 397 g/mol. The van der Waals surface area contributed by atoms with Crippen LogP contribution in [0.5, 0.6) is 0 Å². The molecule has 3 rings (SSSR count). The van der Waals surface area contributed by atoms with Crippen LogP contribution in [-0.4, -0.2) is 54.5 Å². The summed E-state index contributed by atoms with van der Waals surface area (Å²) in [6.07, 6.45) is 1.39. The number of aryl methyl sites for hydroxylation is 1. The van der Waals surface area contributed by atoms with Gasteiger partial charge < -0.3 is 14.6 Å². The van der Waals surface area contributed by atoms with Crippen molar-refractivity contribution in [3.05, 3.63) is 47.2 Å². The van der Waals surface area contributed by atoms with Crippen molar-refractivity contribution in [2.45, 2.75) is 18.4 Å². The van der Waals surface area contributed by atoms with Crippen LogP contribution in [0.4, 0.5) is 5.69 Å². The molecule has 9 heteroatoms. The van der Waals surface area contributed by atoms with E-state index in [1.165, 1.54) is 21.1 Å². The molecule has 2 aromatic rings. The van der Waals surface area contributed by atoms with Crippen molar-refractivity contribution in [1.82, 2.24) is 8.87 Å². The normalized spacial score (nSPS) is 16.0. The molecule has 0 unspecified atom stereocenters. The van der Waals surface area contributed by atoms with Crippen molar-refractivity contribution >= 4 is 33.3 Å². The lowest BCUT2D eigenvalue weighted by Gasteiger charge is -2.35. The van der Waals surface area contributed by atoms with Crippen molar-refractivity contribution in [1.29, 1.82) is 0 Å². The van der Waals surface area contributed by atoms with Crippen LogP contribution in [0, 0.1) is 0 Å². The molecule has 0 atom stereocenters. The van der Waals surface area contributed by atoms with Crippen LogP contribution in [0.25, 0.3) is 0 Å². The van der Waals surface area contributed by atoms with Crippen LogP contribution in [0.3, 0.4) is 0 Å². The van der Waals surface area contributed by atoms with Gasteiger partial charge in [0.2, 0.25) is 10.0 Å². The van der Waals surface area contributed by atoms with E-state index in [0.29, 0.717) is 37.7 Å². The van der Waals surface area contributed by atoms with Crippen LogP contribution >= 0.6 is 11.6 Å². The number of carbonyl (C=O) groups is 1. The molecular weight excluding hydrogens is 378 g/mol. The second kappa shape index (κ2) is 7.30. The highest BCUT2D eigenvalue weighted by Gasteiger charge is 2.30. The molecule has 0 saturated carbocycles. The lowest BCUT2D eigenvalue weighted by Crippen LogP contribution is -2.48. The van der Waals surface area contributed by atoms with E-state index in [0.717, 1.165) is 5.69 Å². The number of aromatic nitrogens is 1. The van der Waals surface area contributed by atoms with Gasteiger partial charge in [-0.3, -0.25) is 0 Å². The quantitative estimate of drug-likeness (QED) is 0.837. The minimum absolute atomic E-state index is 0.0213. The molecule has 0 bridgehead atoms. The first kappa shape index (κ1) is 18.8. The molecule has 26 heavy (non-hydrogen) atoms. The molecule has 1 aliphatic heterocycles. The summed E-state index contributed by atoms with van der Waals surface area (Å²) in [6, 6.07) is 8.68. The zero-order chi connectivity index (χ0) is 18.9. The molecule has 0 aliphatic carbocycles. The molecule has 1 aliphatic rings. The first-order valence-electron chi connectivity index (χ1n) is 8.27. The van der Waals surface area contributed by atoms with Gasteiger partial charge in [-0.05, 0) is 31.2 Å². The SMILES string of the molecule is CCn1cc(S(=O)(=O)N2CCN(c3cccc(Cl)c3)CC2)cc1C(=O)O. The van der Waals surface area contributed by atoms with E-state index in [2.05, 4.69) is 4.90 Å². The first-order valence-corrected chi connectivity index (χ1v) is 10.1. The Bertz CT molecular complexity index is 918. The minimum atomic E-state index is -3.72. The Morgan fingerprint density at radius 2 is 1.88 bits per heavy atom. The van der Waals surface area contributed by atoms with Crippen LogP contribution in [0.2, 0.25) is 5.02 Å². The van der Waals surface area contributed by atoms with E-state index >= 15 is 0 Å². The Labute approximate surface area is 157 Å². The molecule has 0 radical (unpaired) electrons. The molecule has 2 heterocycles. The van der Waals surface area contributed by atoms with Gasteiger partial charge in [-0.2, -0.15) is 4.31 Å². The average molecular weight is 398 g/mol. The summed E-state index contributed by atoms with van der Waals surface area (Å²) < 4.78 is 28.6. The van der Waals surface area contributed by atoms with Crippen LogP contribution in [0.15, 0.2) is 41.4 Å². The zero-order valence-corrected chi connectivity index (χ0v) is 15.9. The number of halogens is 1. The molecule has 140 valence electrons. The van der Waals surface area contributed by atoms with Gasteiger partial charge in [0.15, 0.2) is 0 Å². The maximum atomic E-state index is 12.9. The van der Waals surface area contributed by atoms with E-state index in [1.807, 2.05) is 18.2 Å². The number of benzene rings is 1. The van der Waals surface area contributed by atoms with Gasteiger partial charge in [-0.25, -0.2) is 13.2 Å². The van der Waals surface area contributed by atoms with E-state index in [4.69, 9.17) is 11.6 Å². The summed E-state index contributed by atoms with van der Waals surface area (Å²) in [5, 5.41) is 9.86. The number of sulfonamides is 1. The third-order valence-electron chi connectivity index (χ3n) is 4.48. The van der Waals surface area contributed by atoms with Gasteiger partial charge in [0.1, 0.15) is 10.6 Å². The van der Waals surface area contributed by atoms with Gasteiger partial charge in [-0.15, -0.1) is 0 Å². The Morgan fingerprint density at radius 1 is 1.19 bits per heavy atom. The van der Waals surface area contributed by atoms with Crippen molar-refractivity contribution in [3.63, 3.8) is 0 Å². The summed E-state index contributed by atoms with van der Waals surface area (Å²) in [4.78, 5) is 13.4. The summed E-state index contributed by atoms with van der Waals surface area (Å²) in [5.74, 6) is -1.14. The maximum Gasteiger partial charge on any atom is 0.352 e. The Hall–Kier alpha value is -2.03. The van der Waals surface area contributed by atoms with Gasteiger partial charge in [-0.1, -0.05) is 17.7 Å². The molecule has 7 nitrogen and oxygen atoms in total. The van der Waals surface area contributed by atoms with Crippen LogP contribution in [-0.2, 0) is 16.6 Å². The smallest absolute Gasteiger partial charge is 0.352 e. The summed E-state index contributed by atoms with van der Waals surface area (Å²) in [7, 11) is -3.72. The van der Waals surface area contributed by atoms with Crippen molar-refractivity contribution in [2.24, 2.45) is 0 Å². The van der Waals surface area contributed by atoms with Crippen molar-refractivity contribution in [2.75, 3.05) is 31.1 Å². The van der Waals surface area contributed by atoms with Crippen molar-refractivity contribution in [3.8, 4) is 0 Å². The Morgan fingerprint density at radius 3 is 2.42 bits per heavy atom. The lowest BCUT2D eigenvalue weighted by atomic mass is 10.2. The Kier molecular flexibility index (Phi) is 5.27. The average Bonchev–Trinajstić information content (AvgIpc) is 3.07. The number of hydrogen-bond donors (Lipinski definition) is 1. The molecular formula is C17H20ClN3O4S. The third kappa shape index (κ3) is 3.58. The van der Waals surface area contributed by atoms with Gasteiger partial charge in [0.05, 0.1) is 0 Å². The van der Waals surface area contributed by atoms with Crippen molar-refractivity contribution < 1.29 is 18.3 Å². The fourth-order valence-corrected chi connectivity index (χ4v) is 4.72. The zero-order valence-electron chi connectivity index (χ0n) is 14.3. The topological polar surface area (TPSA) is 82.9 Å². The largest absolute Gasteiger partial charge is 0.477 e. The second-order valence-corrected chi connectivity index (χ2v) is 8.40. The van der Waals surface area contributed by atoms with Gasteiger partial charge in [0, 0.05) is 49.6 Å². The van der Waals surface area contributed by atoms with Crippen LogP contribution in [0.1, 0.15) is 17.4 Å². The summed E-state index contributed by atoms with van der Waals surface area (Å²) in [6.45, 7) is 3.90. The molecule has 1 aromatic carbocycles. The maximum absolute atomic E-state index is 12.9. The lowest BCUT2D eigenvalue weighted by molar-refractivity contribution is 0.0685. The van der Waals surface area contributed by atoms with Crippen LogP contribution < -0.4 is 4.90 Å². The van der Waals surface area contributed by atoms with E-state index < -0.39 is 16.0 Å². The molecule has 1 fully saturated rings. The van der Waals surface area contributed by atoms with E-state index in [9.17, 15) is 18.3 Å². The number of aromatic carboxylic acids is 1. The molecule has 1 N–H and O–H groups in total.